The number of rotatable bonds is 7. The standard InChI is InChI=1S/C21H25ClN4O2S/c1-29-15-9-18(24-20(27)16-6-2-3-7-17(16)22)21(28)26-13-11-25(12-14-26)19-8-4-5-10-23-19/h2-8,10,18H,9,11-15H2,1H3,(H,24,27)/t18-/m0/s1. The molecule has 0 radical (unpaired) electrons. The van der Waals surface area contributed by atoms with Crippen molar-refractivity contribution < 1.29 is 9.59 Å². The number of amides is 2. The zero-order chi connectivity index (χ0) is 20.6. The highest BCUT2D eigenvalue weighted by atomic mass is 35.5. The number of nitrogens with zero attached hydrogens (tertiary/aromatic N) is 3. The zero-order valence-electron chi connectivity index (χ0n) is 16.4. The fraction of sp³-hybridized carbons (Fsp3) is 0.381. The second-order valence-electron chi connectivity index (χ2n) is 6.79. The van der Waals surface area contributed by atoms with Gasteiger partial charge in [-0.3, -0.25) is 9.59 Å². The quantitative estimate of drug-likeness (QED) is 0.728. The first-order chi connectivity index (χ1) is 14.1. The van der Waals surface area contributed by atoms with Crippen molar-refractivity contribution in [3.05, 3.63) is 59.2 Å². The molecule has 2 amide bonds. The molecule has 0 bridgehead atoms. The summed E-state index contributed by atoms with van der Waals surface area (Å²) in [6.07, 6.45) is 4.34. The van der Waals surface area contributed by atoms with Crippen LogP contribution in [-0.4, -0.2) is 65.9 Å². The Balaban J connectivity index is 1.63. The average molecular weight is 433 g/mol. The lowest BCUT2D eigenvalue weighted by molar-refractivity contribution is -0.133. The molecule has 3 rings (SSSR count). The Morgan fingerprint density at radius 1 is 1.14 bits per heavy atom. The van der Waals surface area contributed by atoms with E-state index in [9.17, 15) is 9.59 Å². The van der Waals surface area contributed by atoms with Crippen molar-refractivity contribution in [2.75, 3.05) is 43.1 Å². The maximum absolute atomic E-state index is 13.1. The monoisotopic (exact) mass is 432 g/mol. The molecule has 1 saturated heterocycles. The Morgan fingerprint density at radius 3 is 2.52 bits per heavy atom. The lowest BCUT2D eigenvalue weighted by atomic mass is 10.1. The lowest BCUT2D eigenvalue weighted by Crippen LogP contribution is -2.55. The molecule has 2 aromatic rings. The number of hydrogen-bond donors (Lipinski definition) is 1. The average Bonchev–Trinajstić information content (AvgIpc) is 2.77. The van der Waals surface area contributed by atoms with Gasteiger partial charge in [-0.25, -0.2) is 4.98 Å². The predicted octanol–water partition coefficient (Wildman–Crippen LogP) is 2.94. The number of pyridine rings is 1. The van der Waals surface area contributed by atoms with Crippen LogP contribution in [0.3, 0.4) is 0 Å². The summed E-state index contributed by atoms with van der Waals surface area (Å²) in [5, 5.41) is 3.27. The van der Waals surface area contributed by atoms with E-state index in [1.54, 1.807) is 42.2 Å². The van der Waals surface area contributed by atoms with Crippen LogP contribution in [0.1, 0.15) is 16.8 Å². The van der Waals surface area contributed by atoms with E-state index >= 15 is 0 Å². The summed E-state index contributed by atoms with van der Waals surface area (Å²) in [6, 6.07) is 12.1. The van der Waals surface area contributed by atoms with Gasteiger partial charge in [-0.1, -0.05) is 29.8 Å². The molecule has 1 aliphatic rings. The summed E-state index contributed by atoms with van der Waals surface area (Å²) in [5.74, 6) is 1.35. The first kappa shape index (κ1) is 21.5. The van der Waals surface area contributed by atoms with Crippen LogP contribution in [0.25, 0.3) is 0 Å². The van der Waals surface area contributed by atoms with Crippen molar-refractivity contribution in [1.82, 2.24) is 15.2 Å². The number of carbonyl (C=O) groups excluding carboxylic acids is 2. The summed E-state index contributed by atoms with van der Waals surface area (Å²) in [6.45, 7) is 2.65. The van der Waals surface area contributed by atoms with Crippen LogP contribution >= 0.6 is 23.4 Å². The Kier molecular flexibility index (Phi) is 7.77. The van der Waals surface area contributed by atoms with E-state index < -0.39 is 6.04 Å². The van der Waals surface area contributed by atoms with Crippen molar-refractivity contribution in [2.24, 2.45) is 0 Å². The SMILES string of the molecule is CSCC[C@H](NC(=O)c1ccccc1Cl)C(=O)N1CCN(c2ccccn2)CC1. The Hall–Kier alpha value is -2.25. The molecule has 1 aromatic heterocycles. The van der Waals surface area contributed by atoms with Gasteiger partial charge in [-0.2, -0.15) is 11.8 Å². The molecule has 1 aromatic carbocycles. The number of hydrogen-bond acceptors (Lipinski definition) is 5. The Labute approximate surface area is 180 Å². The van der Waals surface area contributed by atoms with E-state index in [0.717, 1.165) is 24.7 Å². The topological polar surface area (TPSA) is 65.5 Å². The van der Waals surface area contributed by atoms with Gasteiger partial charge in [0.1, 0.15) is 11.9 Å². The molecular formula is C21H25ClN4O2S. The number of halogens is 1. The highest BCUT2D eigenvalue weighted by molar-refractivity contribution is 7.98. The molecule has 0 saturated carbocycles. The number of benzene rings is 1. The van der Waals surface area contributed by atoms with Crippen molar-refractivity contribution in [2.45, 2.75) is 12.5 Å². The molecule has 1 atom stereocenters. The molecule has 29 heavy (non-hydrogen) atoms. The minimum Gasteiger partial charge on any atom is -0.353 e. The highest BCUT2D eigenvalue weighted by Crippen LogP contribution is 2.17. The van der Waals surface area contributed by atoms with Crippen LogP contribution in [0, 0.1) is 0 Å². The molecule has 154 valence electrons. The fourth-order valence-electron chi connectivity index (χ4n) is 3.29. The van der Waals surface area contributed by atoms with Gasteiger partial charge in [0.15, 0.2) is 0 Å². The summed E-state index contributed by atoms with van der Waals surface area (Å²) in [4.78, 5) is 34.2. The molecule has 0 aliphatic carbocycles. The third kappa shape index (κ3) is 5.64. The lowest BCUT2D eigenvalue weighted by Gasteiger charge is -2.37. The predicted molar refractivity (Wildman–Crippen MR) is 119 cm³/mol. The van der Waals surface area contributed by atoms with E-state index in [4.69, 9.17) is 11.6 Å². The second kappa shape index (κ2) is 10.5. The minimum absolute atomic E-state index is 0.0416. The Morgan fingerprint density at radius 2 is 1.86 bits per heavy atom. The van der Waals surface area contributed by atoms with Gasteiger partial charge in [0.05, 0.1) is 10.6 Å². The summed E-state index contributed by atoms with van der Waals surface area (Å²) in [7, 11) is 0. The maximum atomic E-state index is 13.1. The number of aromatic nitrogens is 1. The molecule has 0 spiro atoms. The van der Waals surface area contributed by atoms with Crippen LogP contribution < -0.4 is 10.2 Å². The molecule has 8 heteroatoms. The first-order valence-electron chi connectivity index (χ1n) is 9.59. The molecular weight excluding hydrogens is 408 g/mol. The summed E-state index contributed by atoms with van der Waals surface area (Å²) < 4.78 is 0. The maximum Gasteiger partial charge on any atom is 0.253 e. The number of thioether (sulfide) groups is 1. The van der Waals surface area contributed by atoms with E-state index in [1.165, 1.54) is 0 Å². The molecule has 1 fully saturated rings. The Bertz CT molecular complexity index is 828. The summed E-state index contributed by atoms with van der Waals surface area (Å²) >= 11 is 7.79. The first-order valence-corrected chi connectivity index (χ1v) is 11.4. The van der Waals surface area contributed by atoms with Gasteiger partial charge in [0, 0.05) is 32.4 Å². The van der Waals surface area contributed by atoms with Gasteiger partial charge < -0.3 is 15.1 Å². The van der Waals surface area contributed by atoms with Crippen molar-refractivity contribution in [3.63, 3.8) is 0 Å². The summed E-state index contributed by atoms with van der Waals surface area (Å²) in [5.41, 5.74) is 0.385. The van der Waals surface area contributed by atoms with Crippen LogP contribution in [0.5, 0.6) is 0 Å². The van der Waals surface area contributed by atoms with Gasteiger partial charge in [-0.15, -0.1) is 0 Å². The highest BCUT2D eigenvalue weighted by Gasteiger charge is 2.29. The fourth-order valence-corrected chi connectivity index (χ4v) is 3.98. The molecule has 6 nitrogen and oxygen atoms in total. The largest absolute Gasteiger partial charge is 0.353 e. The third-order valence-electron chi connectivity index (χ3n) is 4.90. The van der Waals surface area contributed by atoms with Gasteiger partial charge in [0.2, 0.25) is 5.91 Å². The molecule has 0 unspecified atom stereocenters. The van der Waals surface area contributed by atoms with E-state index in [2.05, 4.69) is 15.2 Å². The van der Waals surface area contributed by atoms with Gasteiger partial charge in [-0.05, 0) is 42.7 Å². The molecule has 2 heterocycles. The van der Waals surface area contributed by atoms with Crippen LogP contribution in [0.4, 0.5) is 5.82 Å². The molecule has 1 N–H and O–H groups in total. The minimum atomic E-state index is -0.562. The van der Waals surface area contributed by atoms with E-state index in [-0.39, 0.29) is 11.8 Å². The van der Waals surface area contributed by atoms with Crippen molar-refractivity contribution in [1.29, 1.82) is 0 Å². The van der Waals surface area contributed by atoms with Crippen molar-refractivity contribution in [3.8, 4) is 0 Å². The van der Waals surface area contributed by atoms with Gasteiger partial charge >= 0.3 is 0 Å². The second-order valence-corrected chi connectivity index (χ2v) is 8.18. The third-order valence-corrected chi connectivity index (χ3v) is 5.87. The number of carbonyl (C=O) groups is 2. The van der Waals surface area contributed by atoms with Crippen molar-refractivity contribution >= 4 is 41.0 Å². The number of piperazine rings is 1. The van der Waals surface area contributed by atoms with Crippen LogP contribution in [0.2, 0.25) is 5.02 Å². The molecule has 1 aliphatic heterocycles. The van der Waals surface area contributed by atoms with E-state index in [1.807, 2.05) is 29.4 Å². The van der Waals surface area contributed by atoms with Crippen LogP contribution in [-0.2, 0) is 4.79 Å². The van der Waals surface area contributed by atoms with E-state index in [0.29, 0.717) is 30.1 Å². The van der Waals surface area contributed by atoms with Gasteiger partial charge in [0.25, 0.3) is 5.91 Å². The normalized spacial score (nSPS) is 15.1. The van der Waals surface area contributed by atoms with Crippen LogP contribution in [0.15, 0.2) is 48.7 Å². The number of anilines is 1. The smallest absolute Gasteiger partial charge is 0.253 e. The number of nitrogens with one attached hydrogen (secondary N) is 1. The zero-order valence-corrected chi connectivity index (χ0v) is 18.0.